The molecule has 0 aromatic rings. The second kappa shape index (κ2) is 4.84. The maximum atomic E-state index is 6.33. The molecule has 0 aliphatic heterocycles. The Morgan fingerprint density at radius 2 is 1.80 bits per heavy atom. The summed E-state index contributed by atoms with van der Waals surface area (Å²) in [4.78, 5) is 0. The van der Waals surface area contributed by atoms with Gasteiger partial charge in [-0.2, -0.15) is 0 Å². The molecule has 2 N–H and O–H groups in total. The maximum absolute atomic E-state index is 6.33. The molecule has 1 aliphatic rings. The maximum Gasteiger partial charge on any atom is 0.0646 e. The number of rotatable bonds is 3. The Hall–Kier alpha value is -0.0800. The second-order valence-electron chi connectivity index (χ2n) is 6.14. The van der Waals surface area contributed by atoms with E-state index in [0.717, 1.165) is 32.0 Å². The van der Waals surface area contributed by atoms with E-state index in [1.165, 1.54) is 12.8 Å². The van der Waals surface area contributed by atoms with Gasteiger partial charge in [0.2, 0.25) is 0 Å². The first kappa shape index (κ1) is 13.0. The number of hydrogen-bond donors (Lipinski definition) is 1. The highest BCUT2D eigenvalue weighted by Gasteiger charge is 2.36. The fourth-order valence-corrected chi connectivity index (χ4v) is 2.51. The molecular weight excluding hydrogens is 186 g/mol. The second-order valence-corrected chi connectivity index (χ2v) is 6.14. The van der Waals surface area contributed by atoms with Crippen LogP contribution in [-0.4, -0.2) is 18.8 Å². The molecule has 1 saturated carbocycles. The largest absolute Gasteiger partial charge is 0.380 e. The Bertz CT molecular complexity index is 187. The van der Waals surface area contributed by atoms with Crippen LogP contribution in [0.25, 0.3) is 0 Å². The van der Waals surface area contributed by atoms with Gasteiger partial charge in [-0.25, -0.2) is 0 Å². The first-order chi connectivity index (χ1) is 6.87. The van der Waals surface area contributed by atoms with Gasteiger partial charge in [0, 0.05) is 12.1 Å². The van der Waals surface area contributed by atoms with Crippen LogP contribution < -0.4 is 5.73 Å². The van der Waals surface area contributed by atoms with Crippen molar-refractivity contribution in [3.05, 3.63) is 0 Å². The van der Waals surface area contributed by atoms with Crippen molar-refractivity contribution >= 4 is 0 Å². The molecule has 0 aromatic heterocycles. The quantitative estimate of drug-likeness (QED) is 0.782. The molecule has 2 nitrogen and oxygen atoms in total. The highest BCUT2D eigenvalue weighted by atomic mass is 16.5. The Kier molecular flexibility index (Phi) is 4.19. The van der Waals surface area contributed by atoms with Gasteiger partial charge in [0.1, 0.15) is 0 Å². The number of hydrogen-bond acceptors (Lipinski definition) is 2. The average molecular weight is 213 g/mol. The topological polar surface area (TPSA) is 35.2 Å². The van der Waals surface area contributed by atoms with Crippen molar-refractivity contribution in [1.82, 2.24) is 0 Å². The third-order valence-electron chi connectivity index (χ3n) is 3.80. The van der Waals surface area contributed by atoms with Crippen molar-refractivity contribution in [2.24, 2.45) is 17.1 Å². The number of nitrogens with two attached hydrogens (primary N) is 1. The third kappa shape index (κ3) is 3.76. The van der Waals surface area contributed by atoms with Crippen molar-refractivity contribution in [2.45, 2.75) is 58.9 Å². The summed E-state index contributed by atoms with van der Waals surface area (Å²) in [6.45, 7) is 10.6. The summed E-state index contributed by atoms with van der Waals surface area (Å²) in [6.07, 6.45) is 4.75. The minimum Gasteiger partial charge on any atom is -0.380 e. The molecule has 1 fully saturated rings. The van der Waals surface area contributed by atoms with E-state index in [2.05, 4.69) is 20.8 Å². The Morgan fingerprint density at radius 1 is 1.27 bits per heavy atom. The van der Waals surface area contributed by atoms with Crippen molar-refractivity contribution in [3.8, 4) is 0 Å². The van der Waals surface area contributed by atoms with Gasteiger partial charge < -0.3 is 10.5 Å². The molecular formula is C13H27NO. The van der Waals surface area contributed by atoms with Crippen LogP contribution in [0.2, 0.25) is 0 Å². The molecule has 0 heterocycles. The molecule has 0 spiro atoms. The Labute approximate surface area is 94.6 Å². The summed E-state index contributed by atoms with van der Waals surface area (Å²) in [5.41, 5.74) is 6.72. The van der Waals surface area contributed by atoms with Crippen LogP contribution in [0.4, 0.5) is 0 Å². The SMILES string of the molecule is CCOCC1(N)CCC(C(C)(C)C)CC1. The first-order valence-corrected chi connectivity index (χ1v) is 6.24. The summed E-state index contributed by atoms with van der Waals surface area (Å²) < 4.78 is 5.47. The Morgan fingerprint density at radius 3 is 2.20 bits per heavy atom. The van der Waals surface area contributed by atoms with Crippen LogP contribution in [0.1, 0.15) is 53.4 Å². The lowest BCUT2D eigenvalue weighted by Gasteiger charge is -2.41. The summed E-state index contributed by atoms with van der Waals surface area (Å²) in [7, 11) is 0. The predicted molar refractivity (Wildman–Crippen MR) is 64.8 cm³/mol. The molecule has 0 radical (unpaired) electrons. The van der Waals surface area contributed by atoms with E-state index in [0.29, 0.717) is 5.41 Å². The zero-order valence-corrected chi connectivity index (χ0v) is 10.8. The average Bonchev–Trinajstić information content (AvgIpc) is 2.14. The Balaban J connectivity index is 2.41. The van der Waals surface area contributed by atoms with Crippen LogP contribution >= 0.6 is 0 Å². The molecule has 1 rings (SSSR count). The molecule has 15 heavy (non-hydrogen) atoms. The fourth-order valence-electron chi connectivity index (χ4n) is 2.51. The van der Waals surface area contributed by atoms with Crippen LogP contribution in [0.5, 0.6) is 0 Å². The molecule has 1 aliphatic carbocycles. The van der Waals surface area contributed by atoms with Crippen molar-refractivity contribution < 1.29 is 4.74 Å². The summed E-state index contributed by atoms with van der Waals surface area (Å²) in [6, 6.07) is 0. The van der Waals surface area contributed by atoms with Crippen molar-refractivity contribution in [1.29, 1.82) is 0 Å². The van der Waals surface area contributed by atoms with Crippen molar-refractivity contribution in [3.63, 3.8) is 0 Å². The van der Waals surface area contributed by atoms with Crippen LogP contribution in [0.3, 0.4) is 0 Å². The van der Waals surface area contributed by atoms with E-state index >= 15 is 0 Å². The molecule has 0 saturated heterocycles. The minimum absolute atomic E-state index is 0.0439. The minimum atomic E-state index is -0.0439. The highest BCUT2D eigenvalue weighted by molar-refractivity contribution is 4.92. The molecule has 90 valence electrons. The predicted octanol–water partition coefficient (Wildman–Crippen LogP) is 2.96. The summed E-state index contributed by atoms with van der Waals surface area (Å²) >= 11 is 0. The fraction of sp³-hybridized carbons (Fsp3) is 1.00. The lowest BCUT2D eigenvalue weighted by Crippen LogP contribution is -2.48. The van der Waals surface area contributed by atoms with Gasteiger partial charge in [-0.3, -0.25) is 0 Å². The van der Waals surface area contributed by atoms with Crippen LogP contribution in [0.15, 0.2) is 0 Å². The highest BCUT2D eigenvalue weighted by Crippen LogP contribution is 2.40. The van der Waals surface area contributed by atoms with Crippen molar-refractivity contribution in [2.75, 3.05) is 13.2 Å². The smallest absolute Gasteiger partial charge is 0.0646 e. The van der Waals surface area contributed by atoms with Gasteiger partial charge in [-0.05, 0) is 43.9 Å². The van der Waals surface area contributed by atoms with Gasteiger partial charge in [-0.15, -0.1) is 0 Å². The van der Waals surface area contributed by atoms with E-state index in [1.807, 2.05) is 6.92 Å². The van der Waals surface area contributed by atoms with E-state index in [4.69, 9.17) is 10.5 Å². The zero-order valence-electron chi connectivity index (χ0n) is 10.8. The van der Waals surface area contributed by atoms with Gasteiger partial charge in [0.25, 0.3) is 0 Å². The molecule has 0 aromatic carbocycles. The molecule has 2 heteroatoms. The van der Waals surface area contributed by atoms with E-state index < -0.39 is 0 Å². The van der Waals surface area contributed by atoms with E-state index in [9.17, 15) is 0 Å². The zero-order chi connectivity index (χ0) is 11.5. The summed E-state index contributed by atoms with van der Waals surface area (Å²) in [5.74, 6) is 0.829. The standard InChI is InChI=1S/C13H27NO/c1-5-15-10-13(14)8-6-11(7-9-13)12(2,3)4/h11H,5-10,14H2,1-4H3. The molecule has 0 atom stereocenters. The monoisotopic (exact) mass is 213 g/mol. The van der Waals surface area contributed by atoms with E-state index in [-0.39, 0.29) is 5.54 Å². The number of ether oxygens (including phenoxy) is 1. The van der Waals surface area contributed by atoms with Gasteiger partial charge in [0.05, 0.1) is 6.61 Å². The van der Waals surface area contributed by atoms with Gasteiger partial charge >= 0.3 is 0 Å². The third-order valence-corrected chi connectivity index (χ3v) is 3.80. The summed E-state index contributed by atoms with van der Waals surface area (Å²) in [5, 5.41) is 0. The van der Waals surface area contributed by atoms with Crippen LogP contribution in [-0.2, 0) is 4.74 Å². The molecule has 0 bridgehead atoms. The van der Waals surface area contributed by atoms with E-state index in [1.54, 1.807) is 0 Å². The normalized spacial score (nSPS) is 33.0. The first-order valence-electron chi connectivity index (χ1n) is 6.24. The van der Waals surface area contributed by atoms with Crippen LogP contribution in [0, 0.1) is 11.3 Å². The lowest BCUT2D eigenvalue weighted by molar-refractivity contribution is 0.0500. The van der Waals surface area contributed by atoms with Gasteiger partial charge in [-0.1, -0.05) is 20.8 Å². The molecule has 0 amide bonds. The van der Waals surface area contributed by atoms with Gasteiger partial charge in [0.15, 0.2) is 0 Å². The molecule has 0 unspecified atom stereocenters. The lowest BCUT2D eigenvalue weighted by atomic mass is 9.68.